The van der Waals surface area contributed by atoms with Gasteiger partial charge in [0.05, 0.1) is 17.2 Å². The lowest BCUT2D eigenvalue weighted by atomic mass is 9.91. The van der Waals surface area contributed by atoms with Crippen molar-refractivity contribution in [2.45, 2.75) is 39.9 Å². The van der Waals surface area contributed by atoms with Gasteiger partial charge in [-0.2, -0.15) is 5.26 Å². The average molecular weight is 576 g/mol. The molecule has 2 N–H and O–H groups in total. The SMILES string of the molecule is Cc1c(-c2nc3cc(CN4CCC(C(=O)O)C4)cc(C#N)c3o2)cccc1-c1cccc(-c2nc3c(s2)CNC3)c1C. The van der Waals surface area contributed by atoms with Crippen LogP contribution in [0.15, 0.2) is 52.9 Å². The predicted octanol–water partition coefficient (Wildman–Crippen LogP) is 6.28. The standard InChI is InChI=1S/C33H29N5O3S/c1-18-23(24-6-4-8-26(19(24)2)32-37-28-14-35-15-29(28)42-32)5-3-7-25(18)31-36-27-12-20(11-22(13-34)30(27)41-31)16-38-10-9-21(17-38)33(39)40/h3-8,11-12,21,35H,9-10,14-17H2,1-2H3,(H,39,40). The van der Waals surface area contributed by atoms with Gasteiger partial charge in [-0.15, -0.1) is 11.3 Å². The first-order valence-electron chi connectivity index (χ1n) is 14.1. The van der Waals surface area contributed by atoms with Crippen LogP contribution >= 0.6 is 11.3 Å². The van der Waals surface area contributed by atoms with E-state index in [1.54, 1.807) is 11.3 Å². The number of hydrogen-bond donors (Lipinski definition) is 2. The Morgan fingerprint density at radius 1 is 1.10 bits per heavy atom. The summed E-state index contributed by atoms with van der Waals surface area (Å²) in [5, 5.41) is 23.7. The zero-order valence-corrected chi connectivity index (χ0v) is 24.2. The largest absolute Gasteiger partial charge is 0.481 e. The summed E-state index contributed by atoms with van der Waals surface area (Å²) < 4.78 is 6.24. The molecule has 2 aromatic heterocycles. The van der Waals surface area contributed by atoms with Crippen LogP contribution in [0.3, 0.4) is 0 Å². The van der Waals surface area contributed by atoms with Crippen LogP contribution in [0.2, 0.25) is 0 Å². The third kappa shape index (κ3) is 4.58. The van der Waals surface area contributed by atoms with E-state index in [9.17, 15) is 15.2 Å². The molecule has 0 aliphatic carbocycles. The maximum Gasteiger partial charge on any atom is 0.307 e. The summed E-state index contributed by atoms with van der Waals surface area (Å²) in [5.74, 6) is -0.625. The van der Waals surface area contributed by atoms with Crippen molar-refractivity contribution < 1.29 is 14.3 Å². The number of oxazole rings is 1. The van der Waals surface area contributed by atoms with Crippen molar-refractivity contribution in [2.24, 2.45) is 5.92 Å². The second-order valence-electron chi connectivity index (χ2n) is 11.1. The lowest BCUT2D eigenvalue weighted by Crippen LogP contribution is -2.22. The van der Waals surface area contributed by atoms with Gasteiger partial charge in [0.25, 0.3) is 0 Å². The Labute approximate surface area is 247 Å². The van der Waals surface area contributed by atoms with Crippen molar-refractivity contribution in [2.75, 3.05) is 13.1 Å². The Morgan fingerprint density at radius 3 is 2.55 bits per heavy atom. The molecule has 0 bridgehead atoms. The summed E-state index contributed by atoms with van der Waals surface area (Å²) in [7, 11) is 0. The molecule has 9 heteroatoms. The molecule has 2 aliphatic heterocycles. The Balaban J connectivity index is 1.23. The van der Waals surface area contributed by atoms with Crippen LogP contribution in [0.1, 0.15) is 39.2 Å². The van der Waals surface area contributed by atoms with Gasteiger partial charge in [0.2, 0.25) is 5.89 Å². The first-order chi connectivity index (χ1) is 20.4. The highest BCUT2D eigenvalue weighted by atomic mass is 32.1. The van der Waals surface area contributed by atoms with Gasteiger partial charge in [0.1, 0.15) is 16.6 Å². The van der Waals surface area contributed by atoms with Crippen LogP contribution in [0.5, 0.6) is 0 Å². The van der Waals surface area contributed by atoms with Crippen molar-refractivity contribution in [3.05, 3.63) is 81.4 Å². The van der Waals surface area contributed by atoms with Crippen LogP contribution in [0.4, 0.5) is 0 Å². The molecule has 1 saturated heterocycles. The van der Waals surface area contributed by atoms with E-state index in [0.717, 1.165) is 63.7 Å². The van der Waals surface area contributed by atoms with Gasteiger partial charge in [-0.3, -0.25) is 9.69 Å². The zero-order valence-electron chi connectivity index (χ0n) is 23.4. The van der Waals surface area contributed by atoms with Gasteiger partial charge in [-0.05, 0) is 72.8 Å². The number of aromatic nitrogens is 2. The second-order valence-corrected chi connectivity index (χ2v) is 12.2. The number of thiazole rings is 1. The number of carboxylic acid groups (broad SMARTS) is 1. The van der Waals surface area contributed by atoms with E-state index >= 15 is 0 Å². The molecule has 0 saturated carbocycles. The molecule has 4 heterocycles. The highest BCUT2D eigenvalue weighted by Gasteiger charge is 2.28. The molecule has 8 nitrogen and oxygen atoms in total. The summed E-state index contributed by atoms with van der Waals surface area (Å²) in [6.45, 7) is 7.74. The summed E-state index contributed by atoms with van der Waals surface area (Å²) in [6.07, 6.45) is 0.637. The fraction of sp³-hybridized carbons (Fsp3) is 0.273. The minimum absolute atomic E-state index is 0.345. The molecular formula is C33H29N5O3S. The number of carboxylic acids is 1. The monoisotopic (exact) mass is 575 g/mol. The second kappa shape index (κ2) is 10.5. The van der Waals surface area contributed by atoms with Crippen LogP contribution < -0.4 is 5.32 Å². The summed E-state index contributed by atoms with van der Waals surface area (Å²) in [4.78, 5) is 24.6. The van der Waals surface area contributed by atoms with E-state index in [4.69, 9.17) is 14.4 Å². The van der Waals surface area contributed by atoms with Crippen LogP contribution in [-0.2, 0) is 24.4 Å². The predicted molar refractivity (Wildman–Crippen MR) is 162 cm³/mol. The number of fused-ring (bicyclic) bond motifs is 2. The van der Waals surface area contributed by atoms with Gasteiger partial charge in [-0.25, -0.2) is 9.97 Å². The molecule has 5 aromatic rings. The number of nitrogens with one attached hydrogen (secondary N) is 1. The smallest absolute Gasteiger partial charge is 0.307 e. The van der Waals surface area contributed by atoms with E-state index < -0.39 is 5.97 Å². The molecule has 7 rings (SSSR count). The molecule has 0 spiro atoms. The van der Waals surface area contributed by atoms with Gasteiger partial charge >= 0.3 is 5.97 Å². The number of carbonyl (C=O) groups is 1. The summed E-state index contributed by atoms with van der Waals surface area (Å²) in [6, 6.07) is 18.6. The van der Waals surface area contributed by atoms with Crippen molar-refractivity contribution in [3.63, 3.8) is 0 Å². The van der Waals surface area contributed by atoms with Gasteiger partial charge in [0.15, 0.2) is 5.58 Å². The third-order valence-electron chi connectivity index (χ3n) is 8.47. The summed E-state index contributed by atoms with van der Waals surface area (Å²) >= 11 is 1.76. The molecule has 1 unspecified atom stereocenters. The van der Waals surface area contributed by atoms with Gasteiger partial charge in [0, 0.05) is 42.2 Å². The topological polar surface area (TPSA) is 115 Å². The van der Waals surface area contributed by atoms with Crippen LogP contribution in [0, 0.1) is 31.1 Å². The van der Waals surface area contributed by atoms with E-state index in [1.165, 1.54) is 10.4 Å². The Kier molecular flexibility index (Phi) is 6.62. The van der Waals surface area contributed by atoms with E-state index in [1.807, 2.05) is 24.3 Å². The molecule has 2 aliphatic rings. The maximum absolute atomic E-state index is 11.4. The highest BCUT2D eigenvalue weighted by Crippen LogP contribution is 2.39. The zero-order chi connectivity index (χ0) is 29.0. The van der Waals surface area contributed by atoms with E-state index in [0.29, 0.717) is 42.1 Å². The molecule has 210 valence electrons. The minimum atomic E-state index is -0.754. The summed E-state index contributed by atoms with van der Waals surface area (Å²) in [5.41, 5.74) is 10.1. The van der Waals surface area contributed by atoms with Crippen molar-refractivity contribution in [1.29, 1.82) is 5.26 Å². The quantitative estimate of drug-likeness (QED) is 0.243. The number of benzene rings is 3. The molecule has 0 radical (unpaired) electrons. The maximum atomic E-state index is 11.4. The van der Waals surface area contributed by atoms with Crippen molar-refractivity contribution in [3.8, 4) is 39.2 Å². The number of likely N-dealkylation sites (tertiary alicyclic amines) is 1. The van der Waals surface area contributed by atoms with Gasteiger partial charge < -0.3 is 14.8 Å². The number of hydrogen-bond acceptors (Lipinski definition) is 8. The molecule has 0 amide bonds. The van der Waals surface area contributed by atoms with Crippen LogP contribution in [0.25, 0.3) is 44.3 Å². The fourth-order valence-corrected chi connectivity index (χ4v) is 7.33. The normalized spacial score (nSPS) is 16.6. The Morgan fingerprint density at radius 2 is 1.83 bits per heavy atom. The molecule has 3 aromatic carbocycles. The van der Waals surface area contributed by atoms with Crippen molar-refractivity contribution >= 4 is 28.4 Å². The average Bonchev–Trinajstić information content (AvgIpc) is 3.77. The third-order valence-corrected chi connectivity index (χ3v) is 9.60. The van der Waals surface area contributed by atoms with E-state index in [-0.39, 0.29) is 5.92 Å². The Bertz CT molecular complexity index is 1900. The first kappa shape index (κ1) is 26.5. The number of rotatable bonds is 6. The lowest BCUT2D eigenvalue weighted by Gasteiger charge is -2.15. The molecule has 1 atom stereocenters. The minimum Gasteiger partial charge on any atom is -0.481 e. The molecular weight excluding hydrogens is 546 g/mol. The number of aliphatic carboxylic acids is 1. The number of nitrogens with zero attached hydrogens (tertiary/aromatic N) is 4. The first-order valence-corrected chi connectivity index (χ1v) is 14.9. The van der Waals surface area contributed by atoms with E-state index in [2.05, 4.69) is 54.4 Å². The fourth-order valence-electron chi connectivity index (χ4n) is 6.20. The van der Waals surface area contributed by atoms with Crippen molar-refractivity contribution in [1.82, 2.24) is 20.2 Å². The molecule has 1 fully saturated rings. The number of nitriles is 1. The molecule has 42 heavy (non-hydrogen) atoms. The lowest BCUT2D eigenvalue weighted by molar-refractivity contribution is -0.141. The van der Waals surface area contributed by atoms with Crippen LogP contribution in [-0.4, -0.2) is 39.0 Å². The highest BCUT2D eigenvalue weighted by molar-refractivity contribution is 7.15. The van der Waals surface area contributed by atoms with Gasteiger partial charge in [-0.1, -0.05) is 30.3 Å². The Hall–Kier alpha value is -4.36.